The van der Waals surface area contributed by atoms with E-state index in [9.17, 15) is 5.11 Å². The number of hydrogen-bond donors (Lipinski definition) is 1. The van der Waals surface area contributed by atoms with Gasteiger partial charge in [-0.05, 0) is 19.9 Å². The van der Waals surface area contributed by atoms with E-state index in [1.54, 1.807) is 6.92 Å². The quantitative estimate of drug-likeness (QED) is 0.563. The topological polar surface area (TPSA) is 35.2 Å². The molecule has 0 aliphatic carbocycles. The Hall–Kier alpha value is -0.120. The molecule has 0 bridgehead atoms. The van der Waals surface area contributed by atoms with Crippen molar-refractivity contribution in [2.75, 3.05) is 26.2 Å². The molecule has 1 unspecified atom stereocenters. The Labute approximate surface area is 62.0 Å². The van der Waals surface area contributed by atoms with E-state index in [0.717, 1.165) is 32.6 Å². The molecule has 3 nitrogen and oxygen atoms in total. The Bertz CT molecular complexity index is 87.6. The molecule has 1 heterocycles. The molecule has 0 aromatic heterocycles. The van der Waals surface area contributed by atoms with Gasteiger partial charge >= 0.3 is 0 Å². The largest absolute Gasteiger partial charge is 0.315 e. The van der Waals surface area contributed by atoms with Gasteiger partial charge in [-0.2, -0.15) is 0 Å². The molecule has 0 spiro atoms. The van der Waals surface area contributed by atoms with Crippen molar-refractivity contribution in [3.8, 4) is 0 Å². The number of nitrogens with zero attached hydrogens (tertiary/aromatic N) is 1. The van der Waals surface area contributed by atoms with Gasteiger partial charge in [-0.25, -0.2) is 5.11 Å². The number of rotatable bonds is 1. The molecule has 1 fully saturated rings. The lowest BCUT2D eigenvalue weighted by atomic mass is 10.4. The van der Waals surface area contributed by atoms with Gasteiger partial charge in [0.2, 0.25) is 0 Å². The first-order chi connectivity index (χ1) is 4.80. The van der Waals surface area contributed by atoms with Gasteiger partial charge in [0.15, 0.2) is 0 Å². The second-order valence-electron chi connectivity index (χ2n) is 2.74. The molecule has 1 saturated heterocycles. The highest BCUT2D eigenvalue weighted by Gasteiger charge is 2.12. The van der Waals surface area contributed by atoms with Crippen molar-refractivity contribution in [1.29, 1.82) is 0 Å². The summed E-state index contributed by atoms with van der Waals surface area (Å²) in [6.45, 7) is 5.60. The molecule has 3 heteroatoms. The summed E-state index contributed by atoms with van der Waals surface area (Å²) in [4.78, 5) is 1.97. The lowest BCUT2D eigenvalue weighted by Crippen LogP contribution is -2.34. The van der Waals surface area contributed by atoms with Crippen LogP contribution >= 0.6 is 0 Å². The fourth-order valence-corrected chi connectivity index (χ4v) is 1.23. The maximum absolute atomic E-state index is 10.9. The second kappa shape index (κ2) is 3.91. The Balaban J connectivity index is 2.28. The highest BCUT2D eigenvalue weighted by Crippen LogP contribution is 1.99. The van der Waals surface area contributed by atoms with Crippen LogP contribution in [0.15, 0.2) is 0 Å². The summed E-state index contributed by atoms with van der Waals surface area (Å²) in [6.07, 6.45) is 0.576. The van der Waals surface area contributed by atoms with Crippen LogP contribution in [0.25, 0.3) is 0 Å². The van der Waals surface area contributed by atoms with Crippen LogP contribution in [0.3, 0.4) is 0 Å². The first-order valence-corrected chi connectivity index (χ1v) is 3.91. The van der Waals surface area contributed by atoms with Crippen molar-refractivity contribution >= 4 is 0 Å². The van der Waals surface area contributed by atoms with Crippen molar-refractivity contribution in [2.24, 2.45) is 0 Å². The third-order valence-electron chi connectivity index (χ3n) is 1.89. The van der Waals surface area contributed by atoms with Gasteiger partial charge in [-0.15, -0.1) is 0 Å². The van der Waals surface area contributed by atoms with Crippen molar-refractivity contribution < 1.29 is 5.11 Å². The molecular weight excluding hydrogens is 128 g/mol. The average Bonchev–Trinajstić information content (AvgIpc) is 2.12. The summed E-state index contributed by atoms with van der Waals surface area (Å²) in [6, 6.07) is 0. The highest BCUT2D eigenvalue weighted by atomic mass is 16.3. The van der Waals surface area contributed by atoms with Gasteiger partial charge in [0, 0.05) is 19.6 Å². The van der Waals surface area contributed by atoms with E-state index in [1.807, 2.05) is 4.90 Å². The third kappa shape index (κ3) is 2.25. The summed E-state index contributed by atoms with van der Waals surface area (Å²) in [5, 5.41) is 14.2. The maximum Gasteiger partial charge on any atom is 0.143 e. The van der Waals surface area contributed by atoms with Crippen LogP contribution in [0, 0.1) is 0 Å². The van der Waals surface area contributed by atoms with Crippen molar-refractivity contribution in [1.82, 2.24) is 10.2 Å². The summed E-state index contributed by atoms with van der Waals surface area (Å²) in [5.74, 6) is 0. The lowest BCUT2D eigenvalue weighted by Gasteiger charge is -2.20. The monoisotopic (exact) mass is 143 g/mol. The molecular formula is C7H15N2O. The van der Waals surface area contributed by atoms with Crippen LogP contribution in [-0.2, 0) is 5.11 Å². The molecule has 0 saturated carbocycles. The van der Waals surface area contributed by atoms with Gasteiger partial charge in [0.25, 0.3) is 0 Å². The minimum Gasteiger partial charge on any atom is -0.315 e. The molecule has 0 amide bonds. The zero-order chi connectivity index (χ0) is 7.40. The number of nitrogens with one attached hydrogen (secondary N) is 1. The van der Waals surface area contributed by atoms with E-state index in [4.69, 9.17) is 0 Å². The average molecular weight is 143 g/mol. The smallest absolute Gasteiger partial charge is 0.143 e. The predicted molar refractivity (Wildman–Crippen MR) is 39.2 cm³/mol. The first kappa shape index (κ1) is 7.98. The van der Waals surface area contributed by atoms with Crippen molar-refractivity contribution in [2.45, 2.75) is 19.6 Å². The molecule has 1 aliphatic heterocycles. The van der Waals surface area contributed by atoms with Gasteiger partial charge in [0.1, 0.15) is 6.23 Å². The Kier molecular flexibility index (Phi) is 3.12. The van der Waals surface area contributed by atoms with Crippen LogP contribution in [0.5, 0.6) is 0 Å². The SMILES string of the molecule is CC([O])N1CCCNCC1. The fourth-order valence-electron chi connectivity index (χ4n) is 1.23. The molecule has 59 valence electrons. The summed E-state index contributed by atoms with van der Waals surface area (Å²) in [5.41, 5.74) is 0. The van der Waals surface area contributed by atoms with E-state index >= 15 is 0 Å². The molecule has 0 aromatic rings. The second-order valence-corrected chi connectivity index (χ2v) is 2.74. The Morgan fingerprint density at radius 2 is 2.20 bits per heavy atom. The number of hydrogen-bond acceptors (Lipinski definition) is 2. The van der Waals surface area contributed by atoms with E-state index in [2.05, 4.69) is 5.32 Å². The van der Waals surface area contributed by atoms with Gasteiger partial charge < -0.3 is 5.32 Å². The Morgan fingerprint density at radius 3 is 2.90 bits per heavy atom. The Morgan fingerprint density at radius 1 is 1.40 bits per heavy atom. The standard InChI is InChI=1S/C7H15N2O/c1-7(10)9-5-2-3-8-4-6-9/h7-8H,2-6H2,1H3. The van der Waals surface area contributed by atoms with Crippen LogP contribution in [0.2, 0.25) is 0 Å². The highest BCUT2D eigenvalue weighted by molar-refractivity contribution is 4.65. The molecule has 1 atom stereocenters. The fraction of sp³-hybridized carbons (Fsp3) is 1.00. The zero-order valence-electron chi connectivity index (χ0n) is 6.47. The predicted octanol–water partition coefficient (Wildman–Crippen LogP) is 0.0582. The molecule has 1 rings (SSSR count). The lowest BCUT2D eigenvalue weighted by molar-refractivity contribution is -0.0309. The molecule has 1 N–H and O–H groups in total. The normalized spacial score (nSPS) is 25.8. The van der Waals surface area contributed by atoms with E-state index < -0.39 is 6.23 Å². The van der Waals surface area contributed by atoms with Crippen LogP contribution < -0.4 is 5.32 Å². The van der Waals surface area contributed by atoms with E-state index in [1.165, 1.54) is 0 Å². The van der Waals surface area contributed by atoms with E-state index in [0.29, 0.717) is 0 Å². The molecule has 1 aliphatic rings. The minimum absolute atomic E-state index is 0.528. The van der Waals surface area contributed by atoms with E-state index in [-0.39, 0.29) is 0 Å². The molecule has 1 radical (unpaired) electrons. The van der Waals surface area contributed by atoms with Crippen molar-refractivity contribution in [3.63, 3.8) is 0 Å². The summed E-state index contributed by atoms with van der Waals surface area (Å²) in [7, 11) is 0. The summed E-state index contributed by atoms with van der Waals surface area (Å²) < 4.78 is 0. The molecule has 0 aromatic carbocycles. The van der Waals surface area contributed by atoms with Crippen molar-refractivity contribution in [3.05, 3.63) is 0 Å². The van der Waals surface area contributed by atoms with Crippen LogP contribution in [0.1, 0.15) is 13.3 Å². The van der Waals surface area contributed by atoms with Gasteiger partial charge in [-0.3, -0.25) is 4.90 Å². The minimum atomic E-state index is -0.528. The third-order valence-corrected chi connectivity index (χ3v) is 1.89. The molecule has 10 heavy (non-hydrogen) atoms. The van der Waals surface area contributed by atoms with Crippen LogP contribution in [0.4, 0.5) is 0 Å². The van der Waals surface area contributed by atoms with Gasteiger partial charge in [-0.1, -0.05) is 0 Å². The van der Waals surface area contributed by atoms with Crippen LogP contribution in [-0.4, -0.2) is 37.3 Å². The zero-order valence-corrected chi connectivity index (χ0v) is 6.47. The summed E-state index contributed by atoms with van der Waals surface area (Å²) >= 11 is 0. The first-order valence-electron chi connectivity index (χ1n) is 3.91. The maximum atomic E-state index is 10.9. The van der Waals surface area contributed by atoms with Gasteiger partial charge in [0.05, 0.1) is 0 Å².